The van der Waals surface area contributed by atoms with Gasteiger partial charge in [0.15, 0.2) is 11.5 Å². The number of rotatable bonds is 6. The van der Waals surface area contributed by atoms with Gasteiger partial charge in [-0.25, -0.2) is 8.42 Å². The van der Waals surface area contributed by atoms with Crippen LogP contribution in [0.3, 0.4) is 0 Å². The van der Waals surface area contributed by atoms with Crippen molar-refractivity contribution < 1.29 is 32.2 Å². The lowest BCUT2D eigenvalue weighted by atomic mass is 10.2. The minimum absolute atomic E-state index is 0.0604. The predicted octanol–water partition coefficient (Wildman–Crippen LogP) is 0.848. The fourth-order valence-electron chi connectivity index (χ4n) is 3.26. The highest BCUT2D eigenvalue weighted by Gasteiger charge is 2.36. The van der Waals surface area contributed by atoms with E-state index in [-0.39, 0.29) is 37.9 Å². The zero-order chi connectivity index (χ0) is 22.7. The Bertz CT molecular complexity index is 1120. The van der Waals surface area contributed by atoms with Crippen molar-refractivity contribution in [3.05, 3.63) is 53.1 Å². The van der Waals surface area contributed by atoms with Crippen LogP contribution in [-0.2, 0) is 30.9 Å². The molecule has 2 aliphatic heterocycles. The molecule has 0 radical (unpaired) electrons. The first kappa shape index (κ1) is 22.3. The van der Waals surface area contributed by atoms with Crippen molar-refractivity contribution in [1.29, 1.82) is 0 Å². The number of hydrogen-bond acceptors (Lipinski definition) is 7. The summed E-state index contributed by atoms with van der Waals surface area (Å²) in [5, 5.41) is 5.34. The average Bonchev–Trinajstić information content (AvgIpc) is 3.45. The second kappa shape index (κ2) is 9.33. The molecule has 2 aromatic rings. The van der Waals surface area contributed by atoms with Gasteiger partial charge < -0.3 is 24.8 Å². The SMILES string of the molecule is O=C(NCc1ccc2c(c1)OCO2)C(=O)NC[C@H]1OCCN1S(=O)(=O)c1ccc(Cl)cc1. The van der Waals surface area contributed by atoms with E-state index in [1.54, 1.807) is 18.2 Å². The van der Waals surface area contributed by atoms with E-state index in [9.17, 15) is 18.0 Å². The average molecular weight is 482 g/mol. The van der Waals surface area contributed by atoms with E-state index in [0.717, 1.165) is 9.87 Å². The second-order valence-corrected chi connectivity index (χ2v) is 9.30. The zero-order valence-electron chi connectivity index (χ0n) is 16.7. The number of sulfonamides is 1. The van der Waals surface area contributed by atoms with Gasteiger partial charge in [0.1, 0.15) is 6.23 Å². The van der Waals surface area contributed by atoms with E-state index >= 15 is 0 Å². The van der Waals surface area contributed by atoms with E-state index < -0.39 is 28.1 Å². The Morgan fingerprint density at radius 1 is 1.03 bits per heavy atom. The molecule has 0 aliphatic carbocycles. The first-order valence-electron chi connectivity index (χ1n) is 9.68. The number of ether oxygens (including phenoxy) is 3. The summed E-state index contributed by atoms with van der Waals surface area (Å²) in [7, 11) is -3.85. The molecule has 2 aliphatic rings. The Balaban J connectivity index is 1.30. The first-order chi connectivity index (χ1) is 15.3. The summed E-state index contributed by atoms with van der Waals surface area (Å²) in [5.41, 5.74) is 0.731. The largest absolute Gasteiger partial charge is 0.454 e. The lowest BCUT2D eigenvalue weighted by molar-refractivity contribution is -0.139. The lowest BCUT2D eigenvalue weighted by Gasteiger charge is -2.22. The van der Waals surface area contributed by atoms with Crippen molar-refractivity contribution in [3.8, 4) is 11.5 Å². The standard InChI is InChI=1S/C20H20ClN3O7S/c21-14-2-4-15(5-3-14)32(27,28)24-7-8-29-18(24)11-23-20(26)19(25)22-10-13-1-6-16-17(9-13)31-12-30-16/h1-6,9,18H,7-8,10-12H2,(H,22,25)(H,23,26)/t18-/m1/s1. The minimum atomic E-state index is -3.85. The van der Waals surface area contributed by atoms with Gasteiger partial charge in [-0.05, 0) is 42.0 Å². The molecular weight excluding hydrogens is 462 g/mol. The van der Waals surface area contributed by atoms with Crippen LogP contribution in [0, 0.1) is 0 Å². The van der Waals surface area contributed by atoms with Crippen molar-refractivity contribution in [1.82, 2.24) is 14.9 Å². The van der Waals surface area contributed by atoms with Crippen LogP contribution < -0.4 is 20.1 Å². The van der Waals surface area contributed by atoms with E-state index in [1.165, 1.54) is 24.3 Å². The predicted molar refractivity (Wildman–Crippen MR) is 113 cm³/mol. The minimum Gasteiger partial charge on any atom is -0.454 e. The summed E-state index contributed by atoms with van der Waals surface area (Å²) >= 11 is 5.82. The van der Waals surface area contributed by atoms with Crippen LogP contribution >= 0.6 is 11.6 Å². The molecule has 4 rings (SSSR count). The summed E-state index contributed by atoms with van der Waals surface area (Å²) < 4.78 is 42.8. The normalized spacial score (nSPS) is 17.8. The Hall–Kier alpha value is -2.86. The van der Waals surface area contributed by atoms with Crippen molar-refractivity contribution in [2.45, 2.75) is 17.7 Å². The summed E-state index contributed by atoms with van der Waals surface area (Å²) in [5.74, 6) is -0.563. The number of fused-ring (bicyclic) bond motifs is 1. The van der Waals surface area contributed by atoms with Crippen LogP contribution in [0.25, 0.3) is 0 Å². The van der Waals surface area contributed by atoms with Crippen molar-refractivity contribution in [2.75, 3.05) is 26.5 Å². The van der Waals surface area contributed by atoms with E-state index in [4.69, 9.17) is 25.8 Å². The third-order valence-corrected chi connectivity index (χ3v) is 7.05. The molecule has 170 valence electrons. The van der Waals surface area contributed by atoms with E-state index in [2.05, 4.69) is 10.6 Å². The molecule has 0 spiro atoms. The van der Waals surface area contributed by atoms with Crippen molar-refractivity contribution in [2.24, 2.45) is 0 Å². The zero-order valence-corrected chi connectivity index (χ0v) is 18.3. The number of carbonyl (C=O) groups excluding carboxylic acids is 2. The molecular formula is C20H20ClN3O7S. The summed E-state index contributed by atoms with van der Waals surface area (Å²) in [6, 6.07) is 10.9. The van der Waals surface area contributed by atoms with Crippen LogP contribution in [-0.4, -0.2) is 57.3 Å². The van der Waals surface area contributed by atoms with Gasteiger partial charge in [0.2, 0.25) is 16.8 Å². The number of nitrogens with one attached hydrogen (secondary N) is 2. The molecule has 0 saturated carbocycles. The third-order valence-electron chi connectivity index (χ3n) is 4.90. The molecule has 1 fully saturated rings. The summed E-state index contributed by atoms with van der Waals surface area (Å²) in [6.45, 7) is 0.371. The highest BCUT2D eigenvalue weighted by molar-refractivity contribution is 7.89. The van der Waals surface area contributed by atoms with Crippen LogP contribution in [0.1, 0.15) is 5.56 Å². The molecule has 2 aromatic carbocycles. The number of halogens is 1. The number of carbonyl (C=O) groups is 2. The van der Waals surface area contributed by atoms with Crippen LogP contribution in [0.15, 0.2) is 47.4 Å². The molecule has 2 heterocycles. The molecule has 1 saturated heterocycles. The van der Waals surface area contributed by atoms with Gasteiger partial charge in [0.05, 0.1) is 18.0 Å². The molecule has 2 amide bonds. The maximum atomic E-state index is 12.9. The van der Waals surface area contributed by atoms with E-state index in [0.29, 0.717) is 16.5 Å². The molecule has 1 atom stereocenters. The maximum Gasteiger partial charge on any atom is 0.309 e. The van der Waals surface area contributed by atoms with Crippen molar-refractivity contribution >= 4 is 33.4 Å². The highest BCUT2D eigenvalue weighted by Crippen LogP contribution is 2.32. The molecule has 10 nitrogen and oxygen atoms in total. The quantitative estimate of drug-likeness (QED) is 0.586. The lowest BCUT2D eigenvalue weighted by Crippen LogP contribution is -2.47. The van der Waals surface area contributed by atoms with Crippen LogP contribution in [0.2, 0.25) is 5.02 Å². The van der Waals surface area contributed by atoms with Gasteiger partial charge in [-0.15, -0.1) is 0 Å². The van der Waals surface area contributed by atoms with E-state index in [1.807, 2.05) is 0 Å². The molecule has 0 unspecified atom stereocenters. The summed E-state index contributed by atoms with van der Waals surface area (Å²) in [4.78, 5) is 24.3. The van der Waals surface area contributed by atoms with Gasteiger partial charge in [-0.1, -0.05) is 17.7 Å². The Morgan fingerprint density at radius 3 is 2.53 bits per heavy atom. The fraction of sp³-hybridized carbons (Fsp3) is 0.300. The topological polar surface area (TPSA) is 123 Å². The number of hydrogen-bond donors (Lipinski definition) is 2. The molecule has 0 aromatic heterocycles. The molecule has 2 N–H and O–H groups in total. The second-order valence-electron chi connectivity index (χ2n) is 6.98. The molecule has 0 bridgehead atoms. The number of amides is 2. The Morgan fingerprint density at radius 2 is 1.75 bits per heavy atom. The monoisotopic (exact) mass is 481 g/mol. The Labute approximate surface area is 189 Å². The van der Waals surface area contributed by atoms with Gasteiger partial charge in [-0.2, -0.15) is 4.31 Å². The fourth-order valence-corrected chi connectivity index (χ4v) is 4.89. The number of nitrogens with zero attached hydrogens (tertiary/aromatic N) is 1. The van der Waals surface area contributed by atoms with Crippen molar-refractivity contribution in [3.63, 3.8) is 0 Å². The van der Waals surface area contributed by atoms with Gasteiger partial charge in [0, 0.05) is 18.1 Å². The highest BCUT2D eigenvalue weighted by atomic mass is 35.5. The third kappa shape index (κ3) is 4.80. The van der Waals surface area contributed by atoms with Gasteiger partial charge in [-0.3, -0.25) is 9.59 Å². The Kier molecular flexibility index (Phi) is 6.51. The maximum absolute atomic E-state index is 12.9. The van der Waals surface area contributed by atoms with Crippen LogP contribution in [0.5, 0.6) is 11.5 Å². The smallest absolute Gasteiger partial charge is 0.309 e. The van der Waals surface area contributed by atoms with Gasteiger partial charge >= 0.3 is 11.8 Å². The van der Waals surface area contributed by atoms with Gasteiger partial charge in [0.25, 0.3) is 0 Å². The number of benzene rings is 2. The summed E-state index contributed by atoms with van der Waals surface area (Å²) in [6.07, 6.45) is -0.929. The molecule has 12 heteroatoms. The molecule has 32 heavy (non-hydrogen) atoms. The van der Waals surface area contributed by atoms with Crippen LogP contribution in [0.4, 0.5) is 0 Å². The first-order valence-corrected chi connectivity index (χ1v) is 11.5.